The van der Waals surface area contributed by atoms with E-state index in [-0.39, 0.29) is 23.7 Å². The van der Waals surface area contributed by atoms with Crippen molar-refractivity contribution in [1.82, 2.24) is 15.6 Å². The molecule has 0 aliphatic carbocycles. The van der Waals surface area contributed by atoms with E-state index in [9.17, 15) is 9.59 Å². The van der Waals surface area contributed by atoms with Crippen LogP contribution in [0, 0.1) is 0 Å². The lowest BCUT2D eigenvalue weighted by Gasteiger charge is -2.32. The van der Waals surface area contributed by atoms with Crippen LogP contribution in [-0.4, -0.2) is 48.2 Å². The molecular weight excluding hydrogens is 386 g/mol. The number of carbonyl (C=O) groups is 2. The molecule has 1 aliphatic rings. The maximum atomic E-state index is 12.8. The van der Waals surface area contributed by atoms with E-state index in [4.69, 9.17) is 0 Å². The summed E-state index contributed by atoms with van der Waals surface area (Å²) in [5.74, 6) is -0.380. The first kappa shape index (κ1) is 21.0. The summed E-state index contributed by atoms with van der Waals surface area (Å²) in [4.78, 5) is 31.9. The third kappa shape index (κ3) is 4.83. The Balaban J connectivity index is 1.72. The van der Waals surface area contributed by atoms with E-state index >= 15 is 0 Å². The largest absolute Gasteiger partial charge is 0.347 e. The normalized spacial score (nSPS) is 17.7. The average molecular weight is 414 g/mol. The van der Waals surface area contributed by atoms with Crippen LogP contribution in [0.4, 0.5) is 5.69 Å². The molecule has 2 unspecified atom stereocenters. The molecule has 2 N–H and O–H groups in total. The molecule has 29 heavy (non-hydrogen) atoms. The first-order chi connectivity index (χ1) is 14.0. The van der Waals surface area contributed by atoms with Crippen molar-refractivity contribution in [3.63, 3.8) is 0 Å². The molecular formula is C21H27N5O2S. The first-order valence-electron chi connectivity index (χ1n) is 9.83. The van der Waals surface area contributed by atoms with Gasteiger partial charge in [0.05, 0.1) is 11.7 Å². The average Bonchev–Trinajstić information content (AvgIpc) is 3.28. The van der Waals surface area contributed by atoms with Gasteiger partial charge in [-0.3, -0.25) is 19.9 Å². The second-order valence-corrected chi connectivity index (χ2v) is 7.56. The number of likely N-dealkylation sites (N-methyl/N-ethyl adjacent to an activating group) is 1. The van der Waals surface area contributed by atoms with Crippen molar-refractivity contribution in [2.45, 2.75) is 32.9 Å². The topological polar surface area (TPSA) is 77.0 Å². The van der Waals surface area contributed by atoms with Crippen LogP contribution in [0.3, 0.4) is 0 Å². The summed E-state index contributed by atoms with van der Waals surface area (Å²) >= 11 is 1.65. The summed E-state index contributed by atoms with van der Waals surface area (Å²) < 4.78 is 0. The molecule has 1 aromatic heterocycles. The highest BCUT2D eigenvalue weighted by atomic mass is 32.1. The van der Waals surface area contributed by atoms with Gasteiger partial charge in [-0.15, -0.1) is 0 Å². The third-order valence-electron chi connectivity index (χ3n) is 4.98. The van der Waals surface area contributed by atoms with Gasteiger partial charge in [-0.2, -0.15) is 11.3 Å². The number of hydrogen-bond acceptors (Lipinski definition) is 6. The fourth-order valence-electron chi connectivity index (χ4n) is 3.36. The summed E-state index contributed by atoms with van der Waals surface area (Å²) in [5.41, 5.74) is 4.73. The Hall–Kier alpha value is -2.71. The molecule has 1 aliphatic heterocycles. The number of benzene rings is 1. The fourth-order valence-corrected chi connectivity index (χ4v) is 4.07. The third-order valence-corrected chi connectivity index (χ3v) is 5.69. The smallest absolute Gasteiger partial charge is 0.288 e. The number of nitrogens with zero attached hydrogens (tertiary/aromatic N) is 3. The number of anilines is 1. The zero-order valence-electron chi connectivity index (χ0n) is 17.0. The molecule has 0 radical (unpaired) electrons. The number of amides is 2. The number of para-hydroxylation sites is 1. The first-order valence-corrected chi connectivity index (χ1v) is 10.8. The molecule has 2 aromatic rings. The highest BCUT2D eigenvalue weighted by Gasteiger charge is 2.31. The maximum Gasteiger partial charge on any atom is 0.288 e. The SMILES string of the molecule is CCN(CC)C(CNC(=O)C1=NC(C)C(=O)N(c2ccccc2)N1)c1ccsc1. The fraction of sp³-hybridized carbons (Fsp3) is 0.381. The predicted molar refractivity (Wildman–Crippen MR) is 117 cm³/mol. The molecule has 154 valence electrons. The van der Waals surface area contributed by atoms with Crippen molar-refractivity contribution < 1.29 is 9.59 Å². The minimum atomic E-state index is -0.632. The van der Waals surface area contributed by atoms with Gasteiger partial charge in [0, 0.05) is 6.54 Å². The number of nitrogens with one attached hydrogen (secondary N) is 2. The lowest BCUT2D eigenvalue weighted by atomic mass is 10.1. The summed E-state index contributed by atoms with van der Waals surface area (Å²) in [6, 6.07) is 10.7. The van der Waals surface area contributed by atoms with Crippen LogP contribution in [0.25, 0.3) is 0 Å². The van der Waals surface area contributed by atoms with Crippen molar-refractivity contribution in [3.8, 4) is 0 Å². The number of thiophene rings is 1. The Kier molecular flexibility index (Phi) is 7.00. The molecule has 0 spiro atoms. The van der Waals surface area contributed by atoms with Crippen molar-refractivity contribution in [3.05, 3.63) is 52.7 Å². The van der Waals surface area contributed by atoms with Crippen LogP contribution in [-0.2, 0) is 9.59 Å². The Labute approximate surface area is 175 Å². The van der Waals surface area contributed by atoms with Gasteiger partial charge < -0.3 is 5.32 Å². The summed E-state index contributed by atoms with van der Waals surface area (Å²) in [6.45, 7) is 8.16. The second kappa shape index (κ2) is 9.67. The summed E-state index contributed by atoms with van der Waals surface area (Å²) in [6.07, 6.45) is 0. The van der Waals surface area contributed by atoms with Crippen LogP contribution in [0.2, 0.25) is 0 Å². The van der Waals surface area contributed by atoms with Gasteiger partial charge >= 0.3 is 0 Å². The summed E-state index contributed by atoms with van der Waals surface area (Å²) in [7, 11) is 0. The molecule has 2 amide bonds. The van der Waals surface area contributed by atoms with Crippen LogP contribution in [0.5, 0.6) is 0 Å². The number of carbonyl (C=O) groups excluding carboxylic acids is 2. The number of amidine groups is 1. The molecule has 0 saturated heterocycles. The molecule has 8 heteroatoms. The molecule has 0 bridgehead atoms. The van der Waals surface area contributed by atoms with E-state index < -0.39 is 6.04 Å². The quantitative estimate of drug-likeness (QED) is 0.697. The molecule has 0 fully saturated rings. The van der Waals surface area contributed by atoms with Gasteiger partial charge in [-0.25, -0.2) is 10.0 Å². The van der Waals surface area contributed by atoms with Crippen molar-refractivity contribution in [1.29, 1.82) is 0 Å². The Morgan fingerprint density at radius 1 is 1.28 bits per heavy atom. The van der Waals surface area contributed by atoms with Gasteiger partial charge in [0.2, 0.25) is 5.84 Å². The number of hydrazine groups is 1. The highest BCUT2D eigenvalue weighted by molar-refractivity contribution is 7.08. The van der Waals surface area contributed by atoms with Gasteiger partial charge in [-0.05, 0) is 54.5 Å². The highest BCUT2D eigenvalue weighted by Crippen LogP contribution is 2.22. The van der Waals surface area contributed by atoms with Crippen LogP contribution < -0.4 is 15.8 Å². The van der Waals surface area contributed by atoms with Gasteiger partial charge in [0.25, 0.3) is 11.8 Å². The molecule has 2 atom stereocenters. The van der Waals surface area contributed by atoms with Crippen LogP contribution in [0.1, 0.15) is 32.4 Å². The van der Waals surface area contributed by atoms with E-state index in [1.54, 1.807) is 18.3 Å². The number of aliphatic imine (C=N–C) groups is 1. The predicted octanol–water partition coefficient (Wildman–Crippen LogP) is 2.59. The molecule has 1 aromatic carbocycles. The standard InChI is InChI=1S/C21H27N5O2S/c1-4-25(5-2)18(16-11-12-29-14-16)13-22-20(27)19-23-15(3)21(28)26(24-19)17-9-7-6-8-10-17/h6-12,14-15,18H,4-5,13H2,1-3H3,(H,22,27)(H,23,24). The lowest BCUT2D eigenvalue weighted by molar-refractivity contribution is -0.120. The molecule has 0 saturated carbocycles. The zero-order chi connectivity index (χ0) is 20.8. The van der Waals surface area contributed by atoms with Crippen LogP contribution >= 0.6 is 11.3 Å². The molecule has 2 heterocycles. The van der Waals surface area contributed by atoms with E-state index in [2.05, 4.69) is 45.9 Å². The van der Waals surface area contributed by atoms with Crippen molar-refractivity contribution >= 4 is 34.7 Å². The monoisotopic (exact) mass is 413 g/mol. The van der Waals surface area contributed by atoms with E-state index in [1.165, 1.54) is 10.6 Å². The van der Waals surface area contributed by atoms with Crippen molar-refractivity contribution in [2.24, 2.45) is 4.99 Å². The lowest BCUT2D eigenvalue weighted by Crippen LogP contribution is -2.58. The Morgan fingerprint density at radius 3 is 2.62 bits per heavy atom. The number of rotatable bonds is 8. The van der Waals surface area contributed by atoms with Crippen LogP contribution in [0.15, 0.2) is 52.2 Å². The summed E-state index contributed by atoms with van der Waals surface area (Å²) in [5, 5.41) is 8.53. The van der Waals surface area contributed by atoms with Gasteiger partial charge in [0.1, 0.15) is 6.04 Å². The minimum Gasteiger partial charge on any atom is -0.347 e. The Morgan fingerprint density at radius 2 is 2.00 bits per heavy atom. The minimum absolute atomic E-state index is 0.0914. The number of hydrogen-bond donors (Lipinski definition) is 2. The van der Waals surface area contributed by atoms with Gasteiger partial charge in [-0.1, -0.05) is 32.0 Å². The van der Waals surface area contributed by atoms with E-state index in [0.29, 0.717) is 12.2 Å². The maximum absolute atomic E-state index is 12.8. The van der Waals surface area contributed by atoms with E-state index in [1.807, 2.05) is 35.7 Å². The molecule has 3 rings (SSSR count). The Bertz CT molecular complexity index is 849. The van der Waals surface area contributed by atoms with Crippen molar-refractivity contribution in [2.75, 3.05) is 24.6 Å². The second-order valence-electron chi connectivity index (χ2n) is 6.78. The molecule has 7 nitrogen and oxygen atoms in total. The van der Waals surface area contributed by atoms with E-state index in [0.717, 1.165) is 13.1 Å². The zero-order valence-corrected chi connectivity index (χ0v) is 17.8. The van der Waals surface area contributed by atoms with Gasteiger partial charge in [0.15, 0.2) is 0 Å².